The van der Waals surface area contributed by atoms with E-state index in [2.05, 4.69) is 34.7 Å². The van der Waals surface area contributed by atoms with Crippen molar-refractivity contribution in [1.29, 1.82) is 0 Å². The standard InChI is InChI=1S/C18H24N4O.ClH/c1-13-3-5-14(6-4-13)15-11-16(22-21-15)17(23)20-12-18(2)7-9-19-10-8-18;/h3-6,11,19H,7-10,12H2,1-2H3,(H,20,23)(H,21,22);1H. The number of hydrogen-bond acceptors (Lipinski definition) is 3. The smallest absolute Gasteiger partial charge is 0.269 e. The molecule has 130 valence electrons. The SMILES string of the molecule is Cc1ccc(-c2cc(C(=O)NCC3(C)CCNCC3)[nH]n2)cc1.Cl. The number of benzene rings is 1. The third kappa shape index (κ3) is 4.36. The average molecular weight is 349 g/mol. The quantitative estimate of drug-likeness (QED) is 0.795. The number of aromatic amines is 1. The van der Waals surface area contributed by atoms with Crippen LogP contribution in [0.3, 0.4) is 0 Å². The lowest BCUT2D eigenvalue weighted by Gasteiger charge is -2.34. The molecular formula is C18H25ClN4O. The average Bonchev–Trinajstić information content (AvgIpc) is 3.04. The summed E-state index contributed by atoms with van der Waals surface area (Å²) >= 11 is 0. The lowest BCUT2D eigenvalue weighted by Crippen LogP contribution is -2.42. The summed E-state index contributed by atoms with van der Waals surface area (Å²) in [5, 5.41) is 13.5. The Morgan fingerprint density at radius 3 is 2.58 bits per heavy atom. The summed E-state index contributed by atoms with van der Waals surface area (Å²) in [6, 6.07) is 9.93. The van der Waals surface area contributed by atoms with Gasteiger partial charge in [-0.05, 0) is 44.3 Å². The van der Waals surface area contributed by atoms with E-state index >= 15 is 0 Å². The van der Waals surface area contributed by atoms with Crippen LogP contribution in [0, 0.1) is 12.3 Å². The highest BCUT2D eigenvalue weighted by Gasteiger charge is 2.27. The van der Waals surface area contributed by atoms with Crippen LogP contribution in [0.5, 0.6) is 0 Å². The molecule has 0 bridgehead atoms. The molecule has 1 saturated heterocycles. The van der Waals surface area contributed by atoms with E-state index in [1.165, 1.54) is 5.56 Å². The fourth-order valence-corrected chi connectivity index (χ4v) is 2.91. The minimum absolute atomic E-state index is 0. The number of hydrogen-bond donors (Lipinski definition) is 3. The van der Waals surface area contributed by atoms with E-state index in [1.807, 2.05) is 30.3 Å². The van der Waals surface area contributed by atoms with Gasteiger partial charge in [0.1, 0.15) is 5.69 Å². The second kappa shape index (κ2) is 7.81. The molecule has 0 aliphatic carbocycles. The van der Waals surface area contributed by atoms with Crippen molar-refractivity contribution < 1.29 is 4.79 Å². The molecule has 0 atom stereocenters. The maximum atomic E-state index is 12.3. The predicted molar refractivity (Wildman–Crippen MR) is 98.6 cm³/mol. The molecule has 1 aliphatic rings. The Kier molecular flexibility index (Phi) is 6.02. The molecule has 1 amide bonds. The van der Waals surface area contributed by atoms with Gasteiger partial charge in [0, 0.05) is 12.1 Å². The molecule has 1 fully saturated rings. The third-order valence-corrected chi connectivity index (χ3v) is 4.66. The van der Waals surface area contributed by atoms with Crippen LogP contribution in [0.25, 0.3) is 11.3 Å². The van der Waals surface area contributed by atoms with E-state index in [9.17, 15) is 4.79 Å². The first-order chi connectivity index (χ1) is 11.1. The van der Waals surface area contributed by atoms with Crippen LogP contribution < -0.4 is 10.6 Å². The number of nitrogens with one attached hydrogen (secondary N) is 3. The van der Waals surface area contributed by atoms with Gasteiger partial charge in [0.05, 0.1) is 5.69 Å². The molecule has 1 aromatic carbocycles. The number of halogens is 1. The number of carbonyl (C=O) groups excluding carboxylic acids is 1. The molecule has 24 heavy (non-hydrogen) atoms. The normalized spacial score (nSPS) is 16.2. The zero-order valence-corrected chi connectivity index (χ0v) is 15.0. The summed E-state index contributed by atoms with van der Waals surface area (Å²) in [7, 11) is 0. The molecule has 0 unspecified atom stereocenters. The first-order valence-corrected chi connectivity index (χ1v) is 8.17. The van der Waals surface area contributed by atoms with Crippen molar-refractivity contribution in [3.05, 3.63) is 41.6 Å². The van der Waals surface area contributed by atoms with Crippen LogP contribution in [0.4, 0.5) is 0 Å². The van der Waals surface area contributed by atoms with Crippen molar-refractivity contribution in [3.63, 3.8) is 0 Å². The van der Waals surface area contributed by atoms with Gasteiger partial charge in [-0.3, -0.25) is 9.89 Å². The molecule has 1 aromatic heterocycles. The fourth-order valence-electron chi connectivity index (χ4n) is 2.91. The molecule has 3 N–H and O–H groups in total. The number of rotatable bonds is 4. The van der Waals surface area contributed by atoms with Crippen LogP contribution >= 0.6 is 12.4 Å². The first-order valence-electron chi connectivity index (χ1n) is 8.17. The number of nitrogens with zero attached hydrogens (tertiary/aromatic N) is 1. The van der Waals surface area contributed by atoms with Crippen molar-refractivity contribution in [1.82, 2.24) is 20.8 Å². The van der Waals surface area contributed by atoms with Crippen molar-refractivity contribution >= 4 is 18.3 Å². The van der Waals surface area contributed by atoms with Crippen molar-refractivity contribution in [2.75, 3.05) is 19.6 Å². The van der Waals surface area contributed by atoms with Crippen LogP contribution in [0.2, 0.25) is 0 Å². The van der Waals surface area contributed by atoms with E-state index in [-0.39, 0.29) is 23.7 Å². The van der Waals surface area contributed by atoms with Gasteiger partial charge in [-0.25, -0.2) is 0 Å². The Balaban J connectivity index is 0.00000208. The van der Waals surface area contributed by atoms with Gasteiger partial charge in [-0.1, -0.05) is 36.8 Å². The number of H-pyrrole nitrogens is 1. The second-order valence-corrected chi connectivity index (χ2v) is 6.78. The minimum atomic E-state index is -0.0874. The molecule has 1 aliphatic heterocycles. The molecular weight excluding hydrogens is 324 g/mol. The molecule has 2 aromatic rings. The summed E-state index contributed by atoms with van der Waals surface area (Å²) in [6.45, 7) is 7.03. The van der Waals surface area contributed by atoms with Crippen LogP contribution in [0.1, 0.15) is 35.8 Å². The first kappa shape index (κ1) is 18.5. The number of amides is 1. The lowest BCUT2D eigenvalue weighted by atomic mass is 9.81. The summed E-state index contributed by atoms with van der Waals surface area (Å²) < 4.78 is 0. The summed E-state index contributed by atoms with van der Waals surface area (Å²) in [6.07, 6.45) is 2.18. The number of aryl methyl sites for hydroxylation is 1. The van der Waals surface area contributed by atoms with Gasteiger partial charge < -0.3 is 10.6 Å². The highest BCUT2D eigenvalue weighted by atomic mass is 35.5. The zero-order chi connectivity index (χ0) is 16.3. The van der Waals surface area contributed by atoms with Crippen LogP contribution in [-0.4, -0.2) is 35.7 Å². The van der Waals surface area contributed by atoms with E-state index in [1.54, 1.807) is 0 Å². The van der Waals surface area contributed by atoms with E-state index < -0.39 is 0 Å². The van der Waals surface area contributed by atoms with Gasteiger partial charge in [0.2, 0.25) is 0 Å². The Labute approximate surface area is 149 Å². The van der Waals surface area contributed by atoms with Crippen LogP contribution in [-0.2, 0) is 0 Å². The fraction of sp³-hybridized carbons (Fsp3) is 0.444. The molecule has 0 spiro atoms. The Morgan fingerprint density at radius 2 is 1.92 bits per heavy atom. The van der Waals surface area contributed by atoms with Crippen molar-refractivity contribution in [2.24, 2.45) is 5.41 Å². The molecule has 5 nitrogen and oxygen atoms in total. The maximum absolute atomic E-state index is 12.3. The van der Waals surface area contributed by atoms with Crippen molar-refractivity contribution in [3.8, 4) is 11.3 Å². The van der Waals surface area contributed by atoms with Crippen LogP contribution in [0.15, 0.2) is 30.3 Å². The van der Waals surface area contributed by atoms with Gasteiger partial charge >= 0.3 is 0 Å². The third-order valence-electron chi connectivity index (χ3n) is 4.66. The molecule has 3 rings (SSSR count). The largest absolute Gasteiger partial charge is 0.350 e. The molecule has 2 heterocycles. The summed E-state index contributed by atoms with van der Waals surface area (Å²) in [5.74, 6) is -0.0874. The number of piperidine rings is 1. The highest BCUT2D eigenvalue weighted by Crippen LogP contribution is 2.26. The van der Waals surface area contributed by atoms with Gasteiger partial charge in [-0.15, -0.1) is 12.4 Å². The van der Waals surface area contributed by atoms with E-state index in [4.69, 9.17) is 0 Å². The molecule has 0 radical (unpaired) electrons. The topological polar surface area (TPSA) is 69.8 Å². The van der Waals surface area contributed by atoms with Gasteiger partial charge in [0.15, 0.2) is 0 Å². The van der Waals surface area contributed by atoms with Crippen molar-refractivity contribution in [2.45, 2.75) is 26.7 Å². The number of aromatic nitrogens is 2. The molecule has 6 heteroatoms. The van der Waals surface area contributed by atoms with E-state index in [0.717, 1.165) is 37.2 Å². The highest BCUT2D eigenvalue weighted by molar-refractivity contribution is 5.93. The maximum Gasteiger partial charge on any atom is 0.269 e. The van der Waals surface area contributed by atoms with Gasteiger partial charge in [0.25, 0.3) is 5.91 Å². The monoisotopic (exact) mass is 348 g/mol. The summed E-state index contributed by atoms with van der Waals surface area (Å²) in [4.78, 5) is 12.3. The molecule has 0 saturated carbocycles. The summed E-state index contributed by atoms with van der Waals surface area (Å²) in [5.41, 5.74) is 3.70. The second-order valence-electron chi connectivity index (χ2n) is 6.78. The number of carbonyl (C=O) groups is 1. The van der Waals surface area contributed by atoms with Gasteiger partial charge in [-0.2, -0.15) is 5.10 Å². The Bertz CT molecular complexity index is 675. The lowest BCUT2D eigenvalue weighted by molar-refractivity contribution is 0.0917. The Hall–Kier alpha value is -1.85. The predicted octanol–water partition coefficient (Wildman–Crippen LogP) is 2.93. The zero-order valence-electron chi connectivity index (χ0n) is 14.2. The van der Waals surface area contributed by atoms with E-state index in [0.29, 0.717) is 12.2 Å². The minimum Gasteiger partial charge on any atom is -0.350 e. The Morgan fingerprint density at radius 1 is 1.25 bits per heavy atom.